The number of ether oxygens (including phenoxy) is 1. The molecule has 0 radical (unpaired) electrons. The van der Waals surface area contributed by atoms with Crippen molar-refractivity contribution < 1.29 is 9.84 Å². The molecule has 5 aliphatic rings. The molecule has 0 saturated heterocycles. The molecule has 0 aromatic rings. The molecule has 0 aromatic heterocycles. The highest BCUT2D eigenvalue weighted by molar-refractivity contribution is 5.04. The van der Waals surface area contributed by atoms with E-state index in [4.69, 9.17) is 4.74 Å². The Balaban J connectivity index is 1.35. The van der Waals surface area contributed by atoms with E-state index >= 15 is 0 Å². The van der Waals surface area contributed by atoms with Crippen molar-refractivity contribution in [1.29, 1.82) is 0 Å². The molecule has 2 heteroatoms. The van der Waals surface area contributed by atoms with E-state index < -0.39 is 0 Å². The van der Waals surface area contributed by atoms with E-state index in [2.05, 4.69) is 6.92 Å². The average molecular weight is 292 g/mol. The first-order chi connectivity index (χ1) is 10.1. The van der Waals surface area contributed by atoms with Gasteiger partial charge in [0.2, 0.25) is 0 Å². The fraction of sp³-hybridized carbons (Fsp3) is 1.00. The second kappa shape index (κ2) is 5.53. The van der Waals surface area contributed by atoms with Gasteiger partial charge in [0.25, 0.3) is 0 Å². The minimum atomic E-state index is -0.205. The van der Waals surface area contributed by atoms with Crippen molar-refractivity contribution in [2.75, 3.05) is 6.61 Å². The van der Waals surface area contributed by atoms with Crippen LogP contribution in [-0.4, -0.2) is 23.9 Å². The molecule has 3 atom stereocenters. The highest BCUT2D eigenvalue weighted by Crippen LogP contribution is 2.61. The molecule has 5 fully saturated rings. The lowest BCUT2D eigenvalue weighted by molar-refractivity contribution is -0.149. The van der Waals surface area contributed by atoms with Crippen molar-refractivity contribution >= 4 is 0 Å². The van der Waals surface area contributed by atoms with Gasteiger partial charge in [0.15, 0.2) is 0 Å². The van der Waals surface area contributed by atoms with Gasteiger partial charge in [0.1, 0.15) is 0 Å². The molecule has 0 aromatic carbocycles. The van der Waals surface area contributed by atoms with Crippen molar-refractivity contribution in [3.63, 3.8) is 0 Å². The number of aliphatic hydroxyl groups is 1. The third-order valence-corrected chi connectivity index (χ3v) is 7.17. The first-order valence-corrected chi connectivity index (χ1v) is 9.42. The summed E-state index contributed by atoms with van der Waals surface area (Å²) >= 11 is 0. The van der Waals surface area contributed by atoms with E-state index in [1.54, 1.807) is 0 Å². The molecule has 0 aliphatic heterocycles. The summed E-state index contributed by atoms with van der Waals surface area (Å²) in [6.07, 6.45) is 13.5. The Labute approximate surface area is 129 Å². The predicted molar refractivity (Wildman–Crippen MR) is 84.0 cm³/mol. The van der Waals surface area contributed by atoms with Gasteiger partial charge in [-0.15, -0.1) is 0 Å². The van der Waals surface area contributed by atoms with Crippen LogP contribution in [-0.2, 0) is 4.74 Å². The summed E-state index contributed by atoms with van der Waals surface area (Å²) < 4.78 is 6.15. The average Bonchev–Trinajstić information content (AvgIpc) is 2.43. The van der Waals surface area contributed by atoms with Gasteiger partial charge in [-0.25, -0.2) is 0 Å². The molecule has 5 saturated carbocycles. The van der Waals surface area contributed by atoms with Crippen LogP contribution < -0.4 is 0 Å². The van der Waals surface area contributed by atoms with Crippen LogP contribution in [0.2, 0.25) is 0 Å². The highest BCUT2D eigenvalue weighted by Gasteiger charge is 2.54. The van der Waals surface area contributed by atoms with Crippen LogP contribution in [0.1, 0.15) is 71.1 Å². The number of hydrogen-bond acceptors (Lipinski definition) is 2. The molecule has 5 rings (SSSR count). The summed E-state index contributed by atoms with van der Waals surface area (Å²) in [5, 5.41) is 10.9. The molecule has 0 heterocycles. The molecule has 21 heavy (non-hydrogen) atoms. The van der Waals surface area contributed by atoms with Crippen molar-refractivity contribution in [2.24, 2.45) is 29.1 Å². The van der Waals surface area contributed by atoms with Crippen molar-refractivity contribution in [2.45, 2.75) is 83.3 Å². The molecule has 2 nitrogen and oxygen atoms in total. The van der Waals surface area contributed by atoms with Crippen LogP contribution in [0.4, 0.5) is 0 Å². The Kier molecular flexibility index (Phi) is 3.82. The Hall–Kier alpha value is -0.0800. The van der Waals surface area contributed by atoms with Crippen molar-refractivity contribution in [1.82, 2.24) is 0 Å². The molecule has 5 aliphatic carbocycles. The largest absolute Gasteiger partial charge is 0.390 e. The predicted octanol–water partition coefficient (Wildman–Crippen LogP) is 4.16. The SMILES string of the molecule is CC1CCCC(OCC(O)C23CC4CC(CC(C4)C2)C3)C1. The molecule has 3 unspecified atom stereocenters. The maximum atomic E-state index is 10.9. The third kappa shape index (κ3) is 2.79. The Morgan fingerprint density at radius 1 is 1.00 bits per heavy atom. The number of aliphatic hydroxyl groups excluding tert-OH is 1. The van der Waals surface area contributed by atoms with Crippen LogP contribution in [0.5, 0.6) is 0 Å². The van der Waals surface area contributed by atoms with Gasteiger partial charge in [-0.3, -0.25) is 0 Å². The summed E-state index contributed by atoms with van der Waals surface area (Å²) in [5.41, 5.74) is 0.231. The Morgan fingerprint density at radius 3 is 2.19 bits per heavy atom. The lowest BCUT2D eigenvalue weighted by atomic mass is 9.48. The summed E-state index contributed by atoms with van der Waals surface area (Å²) in [6.45, 7) is 2.94. The van der Waals surface area contributed by atoms with Gasteiger partial charge >= 0.3 is 0 Å². The molecule has 1 N–H and O–H groups in total. The van der Waals surface area contributed by atoms with E-state index in [-0.39, 0.29) is 11.5 Å². The lowest BCUT2D eigenvalue weighted by Crippen LogP contribution is -2.53. The highest BCUT2D eigenvalue weighted by atomic mass is 16.5. The minimum absolute atomic E-state index is 0.205. The van der Waals surface area contributed by atoms with Gasteiger partial charge in [0, 0.05) is 0 Å². The number of rotatable bonds is 4. The van der Waals surface area contributed by atoms with E-state index in [1.807, 2.05) is 0 Å². The fourth-order valence-electron chi connectivity index (χ4n) is 6.52. The van der Waals surface area contributed by atoms with Crippen molar-refractivity contribution in [3.8, 4) is 0 Å². The summed E-state index contributed by atoms with van der Waals surface area (Å²) in [7, 11) is 0. The normalized spacial score (nSPS) is 50.3. The summed E-state index contributed by atoms with van der Waals surface area (Å²) in [4.78, 5) is 0. The quantitative estimate of drug-likeness (QED) is 0.843. The van der Waals surface area contributed by atoms with Crippen LogP contribution in [0.3, 0.4) is 0 Å². The fourth-order valence-corrected chi connectivity index (χ4v) is 6.52. The molecular weight excluding hydrogens is 260 g/mol. The second-order valence-electron chi connectivity index (χ2n) is 9.02. The Bertz CT molecular complexity index is 342. The van der Waals surface area contributed by atoms with Gasteiger partial charge in [0.05, 0.1) is 18.8 Å². The monoisotopic (exact) mass is 292 g/mol. The van der Waals surface area contributed by atoms with Gasteiger partial charge in [-0.1, -0.05) is 19.8 Å². The van der Waals surface area contributed by atoms with E-state index in [0.717, 1.165) is 23.7 Å². The minimum Gasteiger partial charge on any atom is -0.390 e. The van der Waals surface area contributed by atoms with Gasteiger partial charge in [-0.05, 0) is 80.5 Å². The van der Waals surface area contributed by atoms with Crippen molar-refractivity contribution in [3.05, 3.63) is 0 Å². The maximum absolute atomic E-state index is 10.9. The third-order valence-electron chi connectivity index (χ3n) is 7.17. The number of hydrogen-bond donors (Lipinski definition) is 1. The molecule has 0 spiro atoms. The topological polar surface area (TPSA) is 29.5 Å². The van der Waals surface area contributed by atoms with E-state index in [0.29, 0.717) is 12.7 Å². The van der Waals surface area contributed by atoms with E-state index in [1.165, 1.54) is 64.2 Å². The van der Waals surface area contributed by atoms with Crippen LogP contribution in [0.25, 0.3) is 0 Å². The maximum Gasteiger partial charge on any atom is 0.0830 e. The van der Waals surface area contributed by atoms with Gasteiger partial charge < -0.3 is 9.84 Å². The molecular formula is C19H32O2. The summed E-state index contributed by atoms with van der Waals surface area (Å²) in [5.74, 6) is 3.56. The standard InChI is InChI=1S/C19H32O2/c1-13-3-2-4-17(5-13)21-12-18(20)19-9-14-6-15(10-19)8-16(7-14)11-19/h13-18,20H,2-12H2,1H3. The zero-order valence-corrected chi connectivity index (χ0v) is 13.6. The smallest absolute Gasteiger partial charge is 0.0830 e. The Morgan fingerprint density at radius 2 is 1.62 bits per heavy atom. The molecule has 120 valence electrons. The summed E-state index contributed by atoms with van der Waals surface area (Å²) in [6, 6.07) is 0. The van der Waals surface area contributed by atoms with Crippen LogP contribution in [0.15, 0.2) is 0 Å². The molecule has 0 amide bonds. The second-order valence-corrected chi connectivity index (χ2v) is 9.02. The van der Waals surface area contributed by atoms with Crippen LogP contribution >= 0.6 is 0 Å². The lowest BCUT2D eigenvalue weighted by Gasteiger charge is -2.58. The first-order valence-electron chi connectivity index (χ1n) is 9.42. The van der Waals surface area contributed by atoms with Crippen LogP contribution in [0, 0.1) is 29.1 Å². The zero-order chi connectivity index (χ0) is 14.4. The first kappa shape index (κ1) is 14.5. The zero-order valence-electron chi connectivity index (χ0n) is 13.6. The molecule has 4 bridgehead atoms. The van der Waals surface area contributed by atoms with E-state index in [9.17, 15) is 5.11 Å². The van der Waals surface area contributed by atoms with Gasteiger partial charge in [-0.2, -0.15) is 0 Å².